The Bertz CT molecular complexity index is 2740. The van der Waals surface area contributed by atoms with E-state index in [0.717, 1.165) is 93.1 Å². The van der Waals surface area contributed by atoms with Crippen molar-refractivity contribution < 1.29 is 9.47 Å². The summed E-state index contributed by atoms with van der Waals surface area (Å²) in [6, 6.07) is 16.7. The second kappa shape index (κ2) is 25.5. The summed E-state index contributed by atoms with van der Waals surface area (Å²) in [7, 11) is 3.72. The van der Waals surface area contributed by atoms with Gasteiger partial charge in [0.15, 0.2) is 0 Å². The van der Waals surface area contributed by atoms with E-state index < -0.39 is 0 Å². The smallest absolute Gasteiger partial charge is 0.119 e. The van der Waals surface area contributed by atoms with Crippen LogP contribution in [0.3, 0.4) is 0 Å². The lowest BCUT2D eigenvalue weighted by molar-refractivity contribution is 0.287. The Hall–Kier alpha value is -7.64. The van der Waals surface area contributed by atoms with Crippen LogP contribution in [0.2, 0.25) is 0 Å². The number of ether oxygens (including phenoxy) is 2. The molecule has 5 nitrogen and oxygen atoms in total. The van der Waals surface area contributed by atoms with Gasteiger partial charge in [0.1, 0.15) is 17.8 Å². The minimum atomic E-state index is -0.320. The molecule has 0 bridgehead atoms. The average Bonchev–Trinajstić information content (AvgIpc) is 3.60. The minimum absolute atomic E-state index is 0.320. The molecule has 0 aromatic heterocycles. The lowest BCUT2D eigenvalue weighted by Crippen LogP contribution is -2.44. The second-order valence-corrected chi connectivity index (χ2v) is 17.6. The van der Waals surface area contributed by atoms with Gasteiger partial charge < -0.3 is 24.2 Å². The number of methoxy groups -OCH3 is 1. The number of benzene rings is 2. The van der Waals surface area contributed by atoms with E-state index in [0.29, 0.717) is 5.76 Å². The number of hydrogen-bond acceptors (Lipinski definition) is 5. The normalized spacial score (nSPS) is 18.6. The van der Waals surface area contributed by atoms with Crippen LogP contribution in [-0.4, -0.2) is 24.6 Å². The van der Waals surface area contributed by atoms with Crippen LogP contribution < -0.4 is 14.5 Å². The molecule has 1 unspecified atom stereocenters. The third-order valence-electron chi connectivity index (χ3n) is 12.6. The van der Waals surface area contributed by atoms with Gasteiger partial charge in [-0.25, -0.2) is 0 Å². The van der Waals surface area contributed by atoms with Gasteiger partial charge in [-0.05, 0) is 173 Å². The molecule has 69 heavy (non-hydrogen) atoms. The van der Waals surface area contributed by atoms with Crippen molar-refractivity contribution in [2.75, 3.05) is 24.0 Å². The molecule has 1 fully saturated rings. The fraction of sp³-hybridized carbons (Fsp3) is 0.234. The van der Waals surface area contributed by atoms with Crippen LogP contribution in [0.4, 0.5) is 11.4 Å². The van der Waals surface area contributed by atoms with E-state index in [4.69, 9.17) is 9.47 Å². The summed E-state index contributed by atoms with van der Waals surface area (Å²) in [6.45, 7) is 20.8. The quantitative estimate of drug-likeness (QED) is 0.0750. The highest BCUT2D eigenvalue weighted by atomic mass is 16.5. The van der Waals surface area contributed by atoms with E-state index in [1.54, 1.807) is 13.4 Å². The lowest BCUT2D eigenvalue weighted by Gasteiger charge is -2.43. The van der Waals surface area contributed by atoms with Crippen molar-refractivity contribution in [2.45, 2.75) is 78.2 Å². The Morgan fingerprint density at radius 3 is 2.30 bits per heavy atom. The number of allylic oxidation sites excluding steroid dienone is 22. The fourth-order valence-electron chi connectivity index (χ4n) is 8.41. The highest BCUT2D eigenvalue weighted by Crippen LogP contribution is 2.37. The standard InChI is InChI=1S/C64H69N3O2/c1-10-14-24-60(19-12-3)67(61-41-43-63(68-9)44-42-61)64(7)47-45-55(46-48-64)30-27-50(5)28-36-56(13-4)66(58(18-11-2)25-16-22-52-20-15-21-52)59-26-17-23-53(35-40-59)31-32-54-33-38-57(39-34-54)65(8)62-37-29-51(6)69-49-62/h10-14,17-19,24,26-27,29-35,37-47,49,52H,2,5-6,15-16,20-22,25,48H2,1,3-4,7-9H3/b14-10+,19-12-,30-27+,32-31+,56-13+,58-18+,60-24+. The first-order chi connectivity index (χ1) is 33.6. The molecule has 5 heteroatoms. The van der Waals surface area contributed by atoms with Crippen LogP contribution >= 0.6 is 0 Å². The molecule has 352 valence electrons. The van der Waals surface area contributed by atoms with Crippen LogP contribution in [0.25, 0.3) is 6.08 Å². The molecule has 0 spiro atoms. The number of likely N-dealkylation sites (N-methyl/N-ethyl adjacent to an activating group) is 1. The average molecular weight is 912 g/mol. The zero-order valence-corrected chi connectivity index (χ0v) is 41.6. The Morgan fingerprint density at radius 2 is 1.67 bits per heavy atom. The van der Waals surface area contributed by atoms with E-state index in [9.17, 15) is 0 Å². The molecule has 0 saturated heterocycles. The third-order valence-corrected chi connectivity index (χ3v) is 12.6. The first kappa shape index (κ1) is 50.8. The third kappa shape index (κ3) is 14.2. The second-order valence-electron chi connectivity index (χ2n) is 17.6. The molecule has 3 aliphatic carbocycles. The van der Waals surface area contributed by atoms with Gasteiger partial charge in [0.2, 0.25) is 0 Å². The predicted octanol–water partition coefficient (Wildman–Crippen LogP) is 16.2. The van der Waals surface area contributed by atoms with Crippen LogP contribution in [0.5, 0.6) is 5.75 Å². The van der Waals surface area contributed by atoms with Crippen LogP contribution in [0.1, 0.15) is 78.2 Å². The molecule has 4 aliphatic rings. The zero-order valence-electron chi connectivity index (χ0n) is 41.6. The summed E-state index contributed by atoms with van der Waals surface area (Å²) in [6.07, 6.45) is 53.8. The maximum absolute atomic E-state index is 5.51. The van der Waals surface area contributed by atoms with Crippen molar-refractivity contribution in [3.63, 3.8) is 0 Å². The van der Waals surface area contributed by atoms with Gasteiger partial charge in [-0.15, -0.1) is 5.73 Å². The molecule has 0 radical (unpaired) electrons. The topological polar surface area (TPSA) is 28.2 Å². The number of hydrogen-bond donors (Lipinski definition) is 0. The molecule has 2 aromatic carbocycles. The van der Waals surface area contributed by atoms with Gasteiger partial charge in [0, 0.05) is 46.7 Å². The van der Waals surface area contributed by atoms with Crippen LogP contribution in [-0.2, 0) is 4.74 Å². The van der Waals surface area contributed by atoms with Crippen molar-refractivity contribution in [2.24, 2.45) is 5.92 Å². The minimum Gasteiger partial charge on any atom is -0.497 e. The number of anilines is 2. The van der Waals surface area contributed by atoms with E-state index in [2.05, 4.69) is 206 Å². The zero-order chi connectivity index (χ0) is 49.0. The van der Waals surface area contributed by atoms with Gasteiger partial charge in [-0.2, -0.15) is 0 Å². The van der Waals surface area contributed by atoms with E-state index in [1.165, 1.54) is 25.7 Å². The van der Waals surface area contributed by atoms with E-state index in [1.807, 2.05) is 56.5 Å². The van der Waals surface area contributed by atoms with Crippen LogP contribution in [0.15, 0.2) is 253 Å². The van der Waals surface area contributed by atoms with Gasteiger partial charge in [-0.1, -0.05) is 124 Å². The summed E-state index contributed by atoms with van der Waals surface area (Å²) in [5.74, 6) is 9.20. The molecule has 1 aliphatic heterocycles. The molecular weight excluding hydrogens is 843 g/mol. The monoisotopic (exact) mass is 912 g/mol. The summed E-state index contributed by atoms with van der Waals surface area (Å²) in [4.78, 5) is 6.75. The molecule has 0 N–H and O–H groups in total. The Morgan fingerprint density at radius 1 is 0.899 bits per heavy atom. The molecule has 1 heterocycles. The molecule has 2 aromatic rings. The van der Waals surface area contributed by atoms with E-state index in [-0.39, 0.29) is 5.54 Å². The van der Waals surface area contributed by atoms with Crippen LogP contribution in [0, 0.1) is 17.8 Å². The van der Waals surface area contributed by atoms with Crippen molar-refractivity contribution >= 4 is 17.5 Å². The molecule has 6 rings (SSSR count). The highest BCUT2D eigenvalue weighted by molar-refractivity contribution is 5.63. The molecular formula is C64H69N3O2. The van der Waals surface area contributed by atoms with E-state index >= 15 is 0 Å². The highest BCUT2D eigenvalue weighted by Gasteiger charge is 2.32. The largest absolute Gasteiger partial charge is 0.497 e. The summed E-state index contributed by atoms with van der Waals surface area (Å²) < 4.78 is 11.0. The SMILES string of the molecule is C=C/C=C(\CCCC1CCC1)N(C1=CC=C=C(/C=C/c2ccc(N(C)C3=COC(=C)C=C3)cc2)C=C1)/C(C#CC(=C)/C=C/C1=CCC(C)(N(C(/C=C\C)=C/C=C/C)c2ccc(OC)cc2)C=C1)=C/C. The molecule has 1 atom stereocenters. The first-order valence-electron chi connectivity index (χ1n) is 24.1. The molecule has 1 saturated carbocycles. The number of rotatable bonds is 20. The Kier molecular flexibility index (Phi) is 18.7. The summed E-state index contributed by atoms with van der Waals surface area (Å²) >= 11 is 0. The fourth-order valence-corrected chi connectivity index (χ4v) is 8.41. The maximum atomic E-state index is 5.51. The van der Waals surface area contributed by atoms with Crippen molar-refractivity contribution in [1.82, 2.24) is 4.90 Å². The van der Waals surface area contributed by atoms with Crippen molar-refractivity contribution in [1.29, 1.82) is 0 Å². The first-order valence-corrected chi connectivity index (χ1v) is 24.1. The maximum Gasteiger partial charge on any atom is 0.119 e. The van der Waals surface area contributed by atoms with Crippen molar-refractivity contribution in [3.05, 3.63) is 258 Å². The van der Waals surface area contributed by atoms with Gasteiger partial charge in [0.05, 0.1) is 24.0 Å². The Labute approximate surface area is 414 Å². The molecule has 0 amide bonds. The van der Waals surface area contributed by atoms with Crippen molar-refractivity contribution in [3.8, 4) is 17.6 Å². The van der Waals surface area contributed by atoms with Gasteiger partial charge in [0.25, 0.3) is 0 Å². The summed E-state index contributed by atoms with van der Waals surface area (Å²) in [5.41, 5.74) is 14.3. The predicted molar refractivity (Wildman–Crippen MR) is 295 cm³/mol. The van der Waals surface area contributed by atoms with Gasteiger partial charge in [-0.3, -0.25) is 0 Å². The summed E-state index contributed by atoms with van der Waals surface area (Å²) in [5, 5.41) is 0. The number of nitrogens with zero attached hydrogens (tertiary/aromatic N) is 3. The Balaban J connectivity index is 1.18. The van der Waals surface area contributed by atoms with Gasteiger partial charge >= 0.3 is 0 Å². The lowest BCUT2D eigenvalue weighted by atomic mass is 9.81.